The van der Waals surface area contributed by atoms with Crippen molar-refractivity contribution >= 4 is 38.7 Å². The molecular weight excluding hydrogens is 540 g/mol. The van der Waals surface area contributed by atoms with E-state index in [1.54, 1.807) is 6.07 Å². The number of carboxylic acid groups (broad SMARTS) is 1. The Morgan fingerprint density at radius 1 is 1.28 bits per heavy atom. The van der Waals surface area contributed by atoms with Crippen LogP contribution in [-0.2, 0) is 0 Å². The second kappa shape index (κ2) is 9.44. The third-order valence-electron chi connectivity index (χ3n) is 7.75. The number of benzene rings is 1. The maximum absolute atomic E-state index is 15.5. The Balaban J connectivity index is 1.55. The van der Waals surface area contributed by atoms with E-state index in [0.717, 1.165) is 19.4 Å². The van der Waals surface area contributed by atoms with E-state index in [4.69, 9.17) is 14.5 Å². The zero-order valence-electron chi connectivity index (χ0n) is 20.5. The number of ether oxygens (including phenoxy) is 2. The minimum atomic E-state index is -0.981. The smallest absolute Gasteiger partial charge is 0.407 e. The fraction of sp³-hybridized carbons (Fsp3) is 0.625. The number of nitrogens with zero attached hydrogens (tertiary/aromatic N) is 5. The predicted octanol–water partition coefficient (Wildman–Crippen LogP) is 4.07. The van der Waals surface area contributed by atoms with Gasteiger partial charge in [-0.3, -0.25) is 4.90 Å². The number of halogens is 3. The first kappa shape index (κ1) is 25.2. The number of carbonyl (C=O) groups is 1. The molecule has 0 saturated carbocycles. The van der Waals surface area contributed by atoms with Crippen molar-refractivity contribution < 1.29 is 28.2 Å². The van der Waals surface area contributed by atoms with Crippen LogP contribution in [0.15, 0.2) is 10.5 Å². The normalized spacial score (nSPS) is 28.6. The van der Waals surface area contributed by atoms with Gasteiger partial charge in [0, 0.05) is 43.5 Å². The van der Waals surface area contributed by atoms with Crippen LogP contribution in [0.4, 0.5) is 19.4 Å². The second-order valence-electron chi connectivity index (χ2n) is 10.1. The molecule has 3 aliphatic heterocycles. The number of aromatic nitrogens is 2. The molecule has 1 aromatic heterocycles. The quantitative estimate of drug-likeness (QED) is 0.576. The summed E-state index contributed by atoms with van der Waals surface area (Å²) in [5.74, 6) is 0.136. The molecule has 1 amide bonds. The summed E-state index contributed by atoms with van der Waals surface area (Å²) in [4.78, 5) is 26.3. The van der Waals surface area contributed by atoms with Gasteiger partial charge in [0.15, 0.2) is 5.82 Å². The molecule has 2 aromatic rings. The van der Waals surface area contributed by atoms with Crippen molar-refractivity contribution in [3.8, 4) is 11.8 Å². The van der Waals surface area contributed by atoms with Gasteiger partial charge in [0.1, 0.15) is 29.9 Å². The van der Waals surface area contributed by atoms with Crippen LogP contribution in [0, 0.1) is 5.82 Å². The van der Waals surface area contributed by atoms with Crippen LogP contribution in [0.2, 0.25) is 0 Å². The third kappa shape index (κ3) is 4.21. The van der Waals surface area contributed by atoms with Gasteiger partial charge in [-0.2, -0.15) is 9.97 Å². The molecular formula is C24H30BrF2N5O4. The highest BCUT2D eigenvalue weighted by molar-refractivity contribution is 9.10. The predicted molar refractivity (Wildman–Crippen MR) is 133 cm³/mol. The number of rotatable bonds is 5. The summed E-state index contributed by atoms with van der Waals surface area (Å²) >= 11 is 3.25. The molecule has 1 aromatic carbocycles. The molecule has 0 bridgehead atoms. The Morgan fingerprint density at radius 2 is 2.06 bits per heavy atom. The topological polar surface area (TPSA) is 91.3 Å². The van der Waals surface area contributed by atoms with Crippen LogP contribution in [0.3, 0.4) is 0 Å². The number of hydrogen-bond acceptors (Lipinski definition) is 7. The molecule has 36 heavy (non-hydrogen) atoms. The van der Waals surface area contributed by atoms with Crippen molar-refractivity contribution in [2.75, 3.05) is 44.8 Å². The molecule has 3 saturated heterocycles. The fourth-order valence-electron chi connectivity index (χ4n) is 5.91. The van der Waals surface area contributed by atoms with Crippen LogP contribution in [0.25, 0.3) is 10.9 Å². The van der Waals surface area contributed by atoms with Crippen LogP contribution in [0.1, 0.15) is 33.1 Å². The number of amides is 1. The number of alkyl halides is 1. The fourth-order valence-corrected chi connectivity index (χ4v) is 6.38. The van der Waals surface area contributed by atoms with Gasteiger partial charge >= 0.3 is 12.1 Å². The number of fused-ring (bicyclic) bond motifs is 2. The van der Waals surface area contributed by atoms with Crippen LogP contribution >= 0.6 is 15.9 Å². The zero-order valence-corrected chi connectivity index (χ0v) is 22.1. The summed E-state index contributed by atoms with van der Waals surface area (Å²) in [6, 6.07) is 1.15. The van der Waals surface area contributed by atoms with Gasteiger partial charge in [0.05, 0.1) is 17.1 Å². The molecule has 0 unspecified atom stereocenters. The summed E-state index contributed by atoms with van der Waals surface area (Å²) in [6.45, 7) is 5.81. The number of methoxy groups -OCH3 is 1. The maximum atomic E-state index is 15.5. The summed E-state index contributed by atoms with van der Waals surface area (Å²) < 4.78 is 41.3. The Labute approximate surface area is 216 Å². The van der Waals surface area contributed by atoms with Crippen LogP contribution in [-0.4, -0.2) is 94.7 Å². The first-order chi connectivity index (χ1) is 17.1. The van der Waals surface area contributed by atoms with Crippen molar-refractivity contribution in [2.24, 2.45) is 0 Å². The average Bonchev–Trinajstić information content (AvgIpc) is 3.36. The third-order valence-corrected chi connectivity index (χ3v) is 8.49. The zero-order chi connectivity index (χ0) is 25.8. The van der Waals surface area contributed by atoms with Crippen molar-refractivity contribution in [2.45, 2.75) is 56.9 Å². The number of piperazine rings is 1. The molecule has 5 rings (SSSR count). The first-order valence-corrected chi connectivity index (χ1v) is 12.9. The molecule has 12 heteroatoms. The molecule has 3 fully saturated rings. The first-order valence-electron chi connectivity index (χ1n) is 12.2. The highest BCUT2D eigenvalue weighted by atomic mass is 79.9. The Kier molecular flexibility index (Phi) is 6.61. The lowest BCUT2D eigenvalue weighted by Gasteiger charge is -2.43. The van der Waals surface area contributed by atoms with E-state index >= 15 is 4.39 Å². The summed E-state index contributed by atoms with van der Waals surface area (Å²) in [5.41, 5.74) is -0.329. The van der Waals surface area contributed by atoms with Gasteiger partial charge in [-0.25, -0.2) is 13.6 Å². The molecule has 1 N–H and O–H groups in total. The molecule has 3 aliphatic rings. The minimum Gasteiger partial charge on any atom is -0.495 e. The lowest BCUT2D eigenvalue weighted by molar-refractivity contribution is 0.107. The molecule has 0 aliphatic carbocycles. The van der Waals surface area contributed by atoms with Crippen molar-refractivity contribution in [1.29, 1.82) is 0 Å². The number of anilines is 1. The summed E-state index contributed by atoms with van der Waals surface area (Å²) in [7, 11) is 1.45. The minimum absolute atomic E-state index is 0.0116. The van der Waals surface area contributed by atoms with Gasteiger partial charge in [0.2, 0.25) is 0 Å². The molecule has 0 radical (unpaired) electrons. The van der Waals surface area contributed by atoms with E-state index in [9.17, 15) is 14.3 Å². The van der Waals surface area contributed by atoms with E-state index in [-0.39, 0.29) is 41.2 Å². The molecule has 0 spiro atoms. The SMILES string of the molecule is COc1cc2c(N3C[C@@H](C)N(C(=O)O)C[C@@H]3C)nc(OC[C@@]34CCCN3C[C@H](F)C4)nc2c(F)c1Br. The summed E-state index contributed by atoms with van der Waals surface area (Å²) in [6.07, 6.45) is 0.332. The lowest BCUT2D eigenvalue weighted by atomic mass is 9.95. The van der Waals surface area contributed by atoms with Crippen LogP contribution in [0.5, 0.6) is 11.8 Å². The standard InChI is InChI=1S/C24H30BrF2N5O4/c1-13-10-32(23(33)34)14(2)9-31(13)21-16-7-17(35-3)18(25)19(27)20(16)28-22(29-21)36-12-24-5-4-6-30(24)11-15(26)8-24/h7,13-15H,4-6,8-12H2,1-3H3,(H,33,34)/t13-,14+,15+,24-/m0/s1. The summed E-state index contributed by atoms with van der Waals surface area (Å²) in [5, 5.41) is 10.00. The molecule has 4 atom stereocenters. The van der Waals surface area contributed by atoms with E-state index in [1.165, 1.54) is 12.0 Å². The number of hydrogen-bond donors (Lipinski definition) is 1. The van der Waals surface area contributed by atoms with E-state index < -0.39 is 23.6 Å². The van der Waals surface area contributed by atoms with E-state index in [1.807, 2.05) is 18.7 Å². The monoisotopic (exact) mass is 569 g/mol. The Morgan fingerprint density at radius 3 is 2.78 bits per heavy atom. The van der Waals surface area contributed by atoms with E-state index in [0.29, 0.717) is 36.5 Å². The molecule has 4 heterocycles. The lowest BCUT2D eigenvalue weighted by Crippen LogP contribution is -2.58. The van der Waals surface area contributed by atoms with Gasteiger partial charge in [-0.05, 0) is 55.2 Å². The van der Waals surface area contributed by atoms with Gasteiger partial charge < -0.3 is 24.4 Å². The molecule has 196 valence electrons. The van der Waals surface area contributed by atoms with Crippen molar-refractivity contribution in [1.82, 2.24) is 19.8 Å². The van der Waals surface area contributed by atoms with Crippen LogP contribution < -0.4 is 14.4 Å². The second-order valence-corrected chi connectivity index (χ2v) is 10.9. The Hall–Kier alpha value is -2.47. The van der Waals surface area contributed by atoms with Gasteiger partial charge in [0.25, 0.3) is 0 Å². The highest BCUT2D eigenvalue weighted by Gasteiger charge is 2.49. The highest BCUT2D eigenvalue weighted by Crippen LogP contribution is 2.42. The van der Waals surface area contributed by atoms with Gasteiger partial charge in [-0.15, -0.1) is 0 Å². The van der Waals surface area contributed by atoms with Crippen molar-refractivity contribution in [3.05, 3.63) is 16.4 Å². The molecule has 9 nitrogen and oxygen atoms in total. The Bertz CT molecular complexity index is 1190. The van der Waals surface area contributed by atoms with Crippen molar-refractivity contribution in [3.63, 3.8) is 0 Å². The largest absolute Gasteiger partial charge is 0.495 e. The average molecular weight is 570 g/mol. The maximum Gasteiger partial charge on any atom is 0.407 e. The van der Waals surface area contributed by atoms with E-state index in [2.05, 4.69) is 25.8 Å². The van der Waals surface area contributed by atoms with Gasteiger partial charge in [-0.1, -0.05) is 0 Å².